The second kappa shape index (κ2) is 6.03. The highest BCUT2D eigenvalue weighted by Gasteiger charge is 2.20. The van der Waals surface area contributed by atoms with Crippen LogP contribution in [0.5, 0.6) is 0 Å². The van der Waals surface area contributed by atoms with E-state index in [4.69, 9.17) is 5.73 Å². The van der Waals surface area contributed by atoms with E-state index in [1.54, 1.807) is 30.3 Å². The number of rotatable bonds is 5. The number of benzene rings is 1. The minimum atomic E-state index is -3.68. The Bertz CT molecular complexity index is 764. The van der Waals surface area contributed by atoms with Gasteiger partial charge in [0.25, 0.3) is 10.0 Å². The Kier molecular flexibility index (Phi) is 4.53. The van der Waals surface area contributed by atoms with Crippen molar-refractivity contribution in [2.24, 2.45) is 5.73 Å². The molecule has 0 bridgehead atoms. The number of nitrogens with zero attached hydrogens (tertiary/aromatic N) is 1. The summed E-state index contributed by atoms with van der Waals surface area (Å²) in [5.41, 5.74) is 6.62. The predicted octanol–water partition coefficient (Wildman–Crippen LogP) is 2.21. The van der Waals surface area contributed by atoms with Gasteiger partial charge in [-0.3, -0.25) is 4.79 Å². The minimum absolute atomic E-state index is 0.0971. The fraction of sp³-hybridized carbons (Fsp3) is 0.214. The molecule has 5 nitrogen and oxygen atoms in total. The number of carbonyl (C=O) groups is 1. The zero-order valence-electron chi connectivity index (χ0n) is 11.4. The second-order valence-corrected chi connectivity index (χ2v) is 7.46. The standard InChI is InChI=1S/C14H15BrN2O3S/c1-10-2-5-13(6-3-10)21(19,20)17-9-11(15)8-12(17)4-7-14(16)18/h2-3,5-6,8-9H,4,7H2,1H3,(H2,16,18). The van der Waals surface area contributed by atoms with Gasteiger partial charge in [0.05, 0.1) is 4.90 Å². The van der Waals surface area contributed by atoms with Crippen LogP contribution in [0.2, 0.25) is 0 Å². The fourth-order valence-electron chi connectivity index (χ4n) is 1.94. The summed E-state index contributed by atoms with van der Waals surface area (Å²) < 4.78 is 27.1. The summed E-state index contributed by atoms with van der Waals surface area (Å²) >= 11 is 3.27. The van der Waals surface area contributed by atoms with Crippen molar-refractivity contribution in [2.45, 2.75) is 24.7 Å². The molecule has 0 aliphatic carbocycles. The van der Waals surface area contributed by atoms with Gasteiger partial charge >= 0.3 is 0 Å². The zero-order chi connectivity index (χ0) is 15.6. The third kappa shape index (κ3) is 3.54. The molecule has 2 rings (SSSR count). The summed E-state index contributed by atoms with van der Waals surface area (Å²) in [5, 5.41) is 0. The highest BCUT2D eigenvalue weighted by atomic mass is 79.9. The summed E-state index contributed by atoms with van der Waals surface area (Å²) in [4.78, 5) is 11.1. The third-order valence-corrected chi connectivity index (χ3v) is 5.19. The van der Waals surface area contributed by atoms with Crippen molar-refractivity contribution in [2.75, 3.05) is 0 Å². The molecule has 1 aromatic heterocycles. The first-order chi connectivity index (χ1) is 9.80. The lowest BCUT2D eigenvalue weighted by Crippen LogP contribution is -2.17. The molecule has 0 saturated carbocycles. The van der Waals surface area contributed by atoms with Crippen LogP contribution in [0.3, 0.4) is 0 Å². The van der Waals surface area contributed by atoms with Crippen molar-refractivity contribution < 1.29 is 13.2 Å². The predicted molar refractivity (Wildman–Crippen MR) is 83.4 cm³/mol. The molecule has 0 atom stereocenters. The molecule has 0 unspecified atom stereocenters. The van der Waals surface area contributed by atoms with Gasteiger partial charge in [0, 0.05) is 22.8 Å². The number of nitrogens with two attached hydrogens (primary N) is 1. The van der Waals surface area contributed by atoms with E-state index >= 15 is 0 Å². The molecule has 0 spiro atoms. The first kappa shape index (κ1) is 15.8. The van der Waals surface area contributed by atoms with Gasteiger partial charge in [0.2, 0.25) is 5.91 Å². The van der Waals surface area contributed by atoms with Gasteiger partial charge in [0.15, 0.2) is 0 Å². The molecular formula is C14H15BrN2O3S. The maximum absolute atomic E-state index is 12.6. The van der Waals surface area contributed by atoms with E-state index in [1.807, 2.05) is 6.92 Å². The number of hydrogen-bond acceptors (Lipinski definition) is 3. The number of aryl methyl sites for hydroxylation is 2. The van der Waals surface area contributed by atoms with Crippen molar-refractivity contribution in [3.05, 3.63) is 52.3 Å². The Labute approximate surface area is 131 Å². The van der Waals surface area contributed by atoms with E-state index in [9.17, 15) is 13.2 Å². The van der Waals surface area contributed by atoms with Gasteiger partial charge in [-0.1, -0.05) is 17.7 Å². The summed E-state index contributed by atoms with van der Waals surface area (Å²) in [6, 6.07) is 8.30. The lowest BCUT2D eigenvalue weighted by atomic mass is 10.2. The molecule has 0 saturated heterocycles. The van der Waals surface area contributed by atoms with Crippen molar-refractivity contribution in [3.8, 4) is 0 Å². The lowest BCUT2D eigenvalue weighted by molar-refractivity contribution is -0.118. The van der Waals surface area contributed by atoms with E-state index in [0.29, 0.717) is 10.2 Å². The lowest BCUT2D eigenvalue weighted by Gasteiger charge is -2.10. The molecule has 112 valence electrons. The van der Waals surface area contributed by atoms with Crippen LogP contribution in [0.25, 0.3) is 0 Å². The molecule has 1 aromatic carbocycles. The first-order valence-corrected chi connectivity index (χ1v) is 8.51. The molecule has 0 aliphatic heterocycles. The SMILES string of the molecule is Cc1ccc(S(=O)(=O)n2cc(Br)cc2CCC(N)=O)cc1. The molecule has 7 heteroatoms. The van der Waals surface area contributed by atoms with Crippen LogP contribution < -0.4 is 5.73 Å². The van der Waals surface area contributed by atoms with Crippen LogP contribution in [0.15, 0.2) is 45.9 Å². The number of carbonyl (C=O) groups excluding carboxylic acids is 1. The number of primary amides is 1. The molecule has 1 heterocycles. The molecule has 21 heavy (non-hydrogen) atoms. The van der Waals surface area contributed by atoms with Crippen molar-refractivity contribution in [1.29, 1.82) is 0 Å². The normalized spacial score (nSPS) is 11.5. The maximum Gasteiger partial charge on any atom is 0.267 e. The Balaban J connectivity index is 2.44. The van der Waals surface area contributed by atoms with Gasteiger partial charge in [-0.25, -0.2) is 12.4 Å². The van der Waals surface area contributed by atoms with Gasteiger partial charge in [-0.2, -0.15) is 0 Å². The molecule has 1 amide bonds. The summed E-state index contributed by atoms with van der Waals surface area (Å²) in [6.07, 6.45) is 1.84. The van der Waals surface area contributed by atoms with E-state index in [2.05, 4.69) is 15.9 Å². The van der Waals surface area contributed by atoms with Gasteiger partial charge in [-0.15, -0.1) is 0 Å². The topological polar surface area (TPSA) is 82.2 Å². The molecule has 2 N–H and O–H groups in total. The van der Waals surface area contributed by atoms with E-state index in [1.165, 1.54) is 10.2 Å². The van der Waals surface area contributed by atoms with Crippen LogP contribution >= 0.6 is 15.9 Å². The number of halogens is 1. The van der Waals surface area contributed by atoms with Crippen LogP contribution in [-0.2, 0) is 21.2 Å². The van der Waals surface area contributed by atoms with Gasteiger partial charge < -0.3 is 5.73 Å². The smallest absolute Gasteiger partial charge is 0.267 e. The zero-order valence-corrected chi connectivity index (χ0v) is 13.8. The molecule has 0 aliphatic rings. The van der Waals surface area contributed by atoms with E-state index < -0.39 is 15.9 Å². The fourth-order valence-corrected chi connectivity index (χ4v) is 3.95. The van der Waals surface area contributed by atoms with Crippen molar-refractivity contribution in [3.63, 3.8) is 0 Å². The monoisotopic (exact) mass is 370 g/mol. The van der Waals surface area contributed by atoms with Gasteiger partial charge in [-0.05, 0) is 47.5 Å². The van der Waals surface area contributed by atoms with Crippen LogP contribution in [0, 0.1) is 6.92 Å². The highest BCUT2D eigenvalue weighted by Crippen LogP contribution is 2.23. The largest absolute Gasteiger partial charge is 0.370 e. The average Bonchev–Trinajstić information content (AvgIpc) is 2.79. The third-order valence-electron chi connectivity index (χ3n) is 3.03. The summed E-state index contributed by atoms with van der Waals surface area (Å²) in [7, 11) is -3.68. The maximum atomic E-state index is 12.6. The van der Waals surface area contributed by atoms with Crippen LogP contribution in [0.4, 0.5) is 0 Å². The van der Waals surface area contributed by atoms with E-state index in [-0.39, 0.29) is 17.7 Å². The average molecular weight is 371 g/mol. The van der Waals surface area contributed by atoms with E-state index in [0.717, 1.165) is 5.56 Å². The summed E-state index contributed by atoms with van der Waals surface area (Å²) in [6.45, 7) is 1.89. The molecule has 0 radical (unpaired) electrons. The Morgan fingerprint density at radius 2 is 1.90 bits per heavy atom. The van der Waals surface area contributed by atoms with Crippen molar-refractivity contribution in [1.82, 2.24) is 3.97 Å². The van der Waals surface area contributed by atoms with Gasteiger partial charge in [0.1, 0.15) is 0 Å². The second-order valence-electron chi connectivity index (χ2n) is 4.73. The summed E-state index contributed by atoms with van der Waals surface area (Å²) in [5.74, 6) is -0.466. The Hall–Kier alpha value is -1.60. The van der Waals surface area contributed by atoms with Crippen molar-refractivity contribution >= 4 is 31.9 Å². The number of amides is 1. The first-order valence-electron chi connectivity index (χ1n) is 6.28. The number of hydrogen-bond donors (Lipinski definition) is 1. The van der Waals surface area contributed by atoms with Crippen LogP contribution in [-0.4, -0.2) is 18.3 Å². The minimum Gasteiger partial charge on any atom is -0.370 e. The molecular weight excluding hydrogens is 356 g/mol. The number of aromatic nitrogens is 1. The Morgan fingerprint density at radius 1 is 1.29 bits per heavy atom. The van der Waals surface area contributed by atoms with Crippen LogP contribution in [0.1, 0.15) is 17.7 Å². The quantitative estimate of drug-likeness (QED) is 0.875. The Morgan fingerprint density at radius 3 is 2.48 bits per heavy atom. The highest BCUT2D eigenvalue weighted by molar-refractivity contribution is 9.10. The molecule has 2 aromatic rings. The molecule has 0 fully saturated rings.